The summed E-state index contributed by atoms with van der Waals surface area (Å²) in [5.41, 5.74) is 2.08. The van der Waals surface area contributed by atoms with Gasteiger partial charge in [0.15, 0.2) is 0 Å². The lowest BCUT2D eigenvalue weighted by atomic mass is 10.2. The number of hydrogen-bond donors (Lipinski definition) is 3. The molecule has 2 N–H and O–H groups in total. The summed E-state index contributed by atoms with van der Waals surface area (Å²) < 4.78 is 5.80. The largest absolute Gasteiger partial charge is 0.456 e. The highest BCUT2D eigenvalue weighted by atomic mass is 32.1. The maximum absolute atomic E-state index is 7.00. The first-order valence-corrected chi connectivity index (χ1v) is 8.21. The fourth-order valence-corrected chi connectivity index (χ4v) is 2.36. The fourth-order valence-electron chi connectivity index (χ4n) is 2.14. The fraction of sp³-hybridized carbons (Fsp3) is 0.158. The maximum Gasteiger partial charge on any atom is 0.145 e. The molecule has 3 aromatic rings. The van der Waals surface area contributed by atoms with Crippen LogP contribution in [0.4, 0.5) is 0 Å². The minimum Gasteiger partial charge on any atom is -0.456 e. The summed E-state index contributed by atoms with van der Waals surface area (Å²) in [5.74, 6) is 1.48. The van der Waals surface area contributed by atoms with E-state index in [1.54, 1.807) is 18.6 Å². The molecule has 0 amide bonds. The zero-order valence-corrected chi connectivity index (χ0v) is 14.9. The molecule has 25 heavy (non-hydrogen) atoms. The van der Waals surface area contributed by atoms with Gasteiger partial charge in [-0.3, -0.25) is 9.97 Å². The molecule has 0 atom stereocenters. The molecule has 2 aromatic heterocycles. The summed E-state index contributed by atoms with van der Waals surface area (Å²) in [6, 6.07) is 15.4. The van der Waals surface area contributed by atoms with Gasteiger partial charge in [-0.2, -0.15) is 0 Å². The summed E-state index contributed by atoms with van der Waals surface area (Å²) >= 11 is 4.51. The van der Waals surface area contributed by atoms with E-state index in [9.17, 15) is 0 Å². The number of nitrogens with zero attached hydrogens (tertiary/aromatic N) is 2. The van der Waals surface area contributed by atoms with Crippen molar-refractivity contribution < 1.29 is 9.84 Å². The SMILES string of the molecule is CO.Sc1ccc(Oc2cccnc2)cc1CNCc1ccccn1. The average molecular weight is 355 g/mol. The van der Waals surface area contributed by atoms with Crippen LogP contribution >= 0.6 is 12.6 Å². The van der Waals surface area contributed by atoms with Crippen LogP contribution < -0.4 is 10.1 Å². The lowest BCUT2D eigenvalue weighted by Gasteiger charge is -2.10. The molecule has 0 unspecified atom stereocenters. The smallest absolute Gasteiger partial charge is 0.145 e. The number of benzene rings is 1. The maximum atomic E-state index is 7.00. The number of aliphatic hydroxyl groups is 1. The van der Waals surface area contributed by atoms with E-state index in [2.05, 4.69) is 27.9 Å². The van der Waals surface area contributed by atoms with Gasteiger partial charge in [0.05, 0.1) is 11.9 Å². The first-order chi connectivity index (χ1) is 12.3. The third-order valence-corrected chi connectivity index (χ3v) is 3.71. The Kier molecular flexibility index (Phi) is 7.91. The van der Waals surface area contributed by atoms with Gasteiger partial charge in [0.25, 0.3) is 0 Å². The van der Waals surface area contributed by atoms with Crippen molar-refractivity contribution in [2.75, 3.05) is 7.11 Å². The van der Waals surface area contributed by atoms with Gasteiger partial charge in [0.2, 0.25) is 0 Å². The Balaban J connectivity index is 0.00000109. The lowest BCUT2D eigenvalue weighted by molar-refractivity contribution is 0.399. The van der Waals surface area contributed by atoms with Crippen molar-refractivity contribution in [3.63, 3.8) is 0 Å². The third kappa shape index (κ3) is 6.19. The van der Waals surface area contributed by atoms with E-state index in [4.69, 9.17) is 9.84 Å². The van der Waals surface area contributed by atoms with Crippen LogP contribution in [0.25, 0.3) is 0 Å². The molecule has 1 aromatic carbocycles. The van der Waals surface area contributed by atoms with Crippen LogP contribution in [0.15, 0.2) is 72.0 Å². The number of pyridine rings is 2. The quantitative estimate of drug-likeness (QED) is 0.591. The van der Waals surface area contributed by atoms with Gasteiger partial charge in [-0.25, -0.2) is 0 Å². The van der Waals surface area contributed by atoms with Gasteiger partial charge in [-0.1, -0.05) is 6.07 Å². The van der Waals surface area contributed by atoms with Gasteiger partial charge >= 0.3 is 0 Å². The van der Waals surface area contributed by atoms with Gasteiger partial charge in [0, 0.05) is 37.5 Å². The average Bonchev–Trinajstić information content (AvgIpc) is 2.68. The Bertz CT molecular complexity index is 755. The van der Waals surface area contributed by atoms with Crippen LogP contribution in [0.1, 0.15) is 11.3 Å². The molecule has 0 saturated heterocycles. The number of aliphatic hydroxyl groups excluding tert-OH is 1. The Morgan fingerprint density at radius 1 is 1.00 bits per heavy atom. The molecular weight excluding hydrogens is 334 g/mol. The van der Waals surface area contributed by atoms with E-state index < -0.39 is 0 Å². The molecule has 3 rings (SSSR count). The predicted octanol–water partition coefficient (Wildman–Crippen LogP) is 3.46. The van der Waals surface area contributed by atoms with Crippen molar-refractivity contribution in [3.05, 3.63) is 78.4 Å². The highest BCUT2D eigenvalue weighted by Gasteiger charge is 2.04. The predicted molar refractivity (Wildman–Crippen MR) is 101 cm³/mol. The van der Waals surface area contributed by atoms with Crippen molar-refractivity contribution >= 4 is 12.6 Å². The normalized spacial score (nSPS) is 9.88. The van der Waals surface area contributed by atoms with Crippen LogP contribution in [-0.4, -0.2) is 22.2 Å². The molecule has 0 radical (unpaired) electrons. The molecule has 0 aliphatic heterocycles. The summed E-state index contributed by atoms with van der Waals surface area (Å²) in [6.45, 7) is 1.40. The van der Waals surface area contributed by atoms with Crippen LogP contribution in [0, 0.1) is 0 Å². The summed E-state index contributed by atoms with van der Waals surface area (Å²) in [4.78, 5) is 9.26. The first kappa shape index (κ1) is 18.9. The molecule has 6 heteroatoms. The third-order valence-electron chi connectivity index (χ3n) is 3.27. The van der Waals surface area contributed by atoms with Crippen molar-refractivity contribution in [3.8, 4) is 11.5 Å². The van der Waals surface area contributed by atoms with E-state index in [1.807, 2.05) is 48.5 Å². The summed E-state index contributed by atoms with van der Waals surface area (Å²) in [5, 5.41) is 10.4. The number of rotatable bonds is 6. The van der Waals surface area contributed by atoms with Crippen molar-refractivity contribution in [2.24, 2.45) is 0 Å². The van der Waals surface area contributed by atoms with Crippen molar-refractivity contribution in [1.82, 2.24) is 15.3 Å². The Morgan fingerprint density at radius 2 is 1.88 bits per heavy atom. The molecule has 0 bridgehead atoms. The minimum absolute atomic E-state index is 0.694. The molecule has 0 aliphatic rings. The van der Waals surface area contributed by atoms with Crippen molar-refractivity contribution in [2.45, 2.75) is 18.0 Å². The molecule has 0 fully saturated rings. The number of aromatic nitrogens is 2. The van der Waals surface area contributed by atoms with Gasteiger partial charge in [-0.15, -0.1) is 12.6 Å². The second kappa shape index (κ2) is 10.5. The van der Waals surface area contributed by atoms with Gasteiger partial charge in [0.1, 0.15) is 11.5 Å². The zero-order chi connectivity index (χ0) is 17.9. The minimum atomic E-state index is 0.694. The topological polar surface area (TPSA) is 67.3 Å². The second-order valence-corrected chi connectivity index (χ2v) is 5.49. The van der Waals surface area contributed by atoms with E-state index >= 15 is 0 Å². The monoisotopic (exact) mass is 355 g/mol. The second-order valence-electron chi connectivity index (χ2n) is 5.01. The van der Waals surface area contributed by atoms with Gasteiger partial charge < -0.3 is 15.2 Å². The van der Waals surface area contributed by atoms with E-state index in [0.29, 0.717) is 18.8 Å². The van der Waals surface area contributed by atoms with E-state index in [1.165, 1.54) is 0 Å². The lowest BCUT2D eigenvalue weighted by Crippen LogP contribution is -2.14. The van der Waals surface area contributed by atoms with Crippen molar-refractivity contribution in [1.29, 1.82) is 0 Å². The number of hydrogen-bond acceptors (Lipinski definition) is 6. The Hall–Kier alpha value is -2.41. The Morgan fingerprint density at radius 3 is 2.60 bits per heavy atom. The van der Waals surface area contributed by atoms with Crippen LogP contribution in [-0.2, 0) is 13.1 Å². The molecule has 0 saturated carbocycles. The van der Waals surface area contributed by atoms with E-state index in [0.717, 1.165) is 29.0 Å². The van der Waals surface area contributed by atoms with Crippen LogP contribution in [0.2, 0.25) is 0 Å². The molecular formula is C19H21N3O2S. The Labute approximate surface area is 153 Å². The van der Waals surface area contributed by atoms with Crippen LogP contribution in [0.3, 0.4) is 0 Å². The molecule has 0 aliphatic carbocycles. The zero-order valence-electron chi connectivity index (χ0n) is 14.0. The number of ether oxygens (including phenoxy) is 1. The van der Waals surface area contributed by atoms with Gasteiger partial charge in [-0.05, 0) is 48.0 Å². The summed E-state index contributed by atoms with van der Waals surface area (Å²) in [7, 11) is 1.00. The number of nitrogens with one attached hydrogen (secondary N) is 1. The molecule has 2 heterocycles. The molecule has 130 valence electrons. The first-order valence-electron chi connectivity index (χ1n) is 7.76. The molecule has 0 spiro atoms. The molecule has 5 nitrogen and oxygen atoms in total. The highest BCUT2D eigenvalue weighted by Crippen LogP contribution is 2.25. The summed E-state index contributed by atoms with van der Waals surface area (Å²) in [6.07, 6.45) is 5.20. The standard InChI is InChI=1S/C18H17N3OS.CH4O/c23-18-7-6-16(22-17-5-3-8-19-13-17)10-14(18)11-20-12-15-4-1-2-9-21-15;1-2/h1-10,13,20,23H,11-12H2;2H,1H3. The number of thiol groups is 1. The highest BCUT2D eigenvalue weighted by molar-refractivity contribution is 7.80. The van der Waals surface area contributed by atoms with Crippen LogP contribution in [0.5, 0.6) is 11.5 Å². The van der Waals surface area contributed by atoms with E-state index in [-0.39, 0.29) is 0 Å².